The van der Waals surface area contributed by atoms with E-state index in [0.29, 0.717) is 35.1 Å². The van der Waals surface area contributed by atoms with Crippen molar-refractivity contribution in [2.45, 2.75) is 32.1 Å². The van der Waals surface area contributed by atoms with Crippen LogP contribution >= 0.6 is 0 Å². The van der Waals surface area contributed by atoms with Gasteiger partial charge in [-0.3, -0.25) is 10.4 Å². The van der Waals surface area contributed by atoms with Crippen molar-refractivity contribution in [1.82, 2.24) is 10.3 Å². The number of nitrogens with two attached hydrogens (primary N) is 1. The zero-order chi connectivity index (χ0) is 21.3. The quantitative estimate of drug-likeness (QED) is 0.475. The number of hydrogen-bond donors (Lipinski definition) is 3. The molecule has 3 rings (SSSR count). The van der Waals surface area contributed by atoms with Crippen LogP contribution in [0.5, 0.6) is 11.5 Å². The number of hydrogen-bond acceptors (Lipinski definition) is 5. The number of nitrogens with one attached hydrogen (secondary N) is 2. The average molecular weight is 409 g/mol. The van der Waals surface area contributed by atoms with Gasteiger partial charge in [0.1, 0.15) is 23.7 Å². The fraction of sp³-hybridized carbons (Fsp3) is 0.364. The van der Waals surface area contributed by atoms with E-state index < -0.39 is 6.09 Å². The van der Waals surface area contributed by atoms with Crippen molar-refractivity contribution in [2.24, 2.45) is 16.6 Å². The Morgan fingerprint density at radius 1 is 1.30 bits per heavy atom. The van der Waals surface area contributed by atoms with E-state index in [1.807, 2.05) is 0 Å². The molecule has 1 aromatic carbocycles. The predicted octanol–water partition coefficient (Wildman–Crippen LogP) is 3.74. The van der Waals surface area contributed by atoms with Crippen LogP contribution in [0.2, 0.25) is 0 Å². The van der Waals surface area contributed by atoms with Crippen LogP contribution in [0.1, 0.15) is 37.7 Å². The standard InChI is InChI=1S/C22H27N5O3/c1-29-20-8-7-18(30-22(28)26-11-15-5-3-2-4-6-15)10-19(20)16-9-17(13-25-12-16)21(24)27-14-23/h7-10,12-15H,2-6,11H2,1H3,(H,26,28)(H3,23,24,27). The number of aromatic nitrogens is 1. The van der Waals surface area contributed by atoms with Crippen LogP contribution in [0, 0.1) is 11.3 Å². The molecule has 0 spiro atoms. The second kappa shape index (κ2) is 10.4. The lowest BCUT2D eigenvalue weighted by molar-refractivity contribution is 0.196. The molecule has 2 aromatic rings. The highest BCUT2D eigenvalue weighted by molar-refractivity contribution is 6.01. The first-order valence-corrected chi connectivity index (χ1v) is 10.0. The fourth-order valence-corrected chi connectivity index (χ4v) is 3.61. The number of carbonyl (C=O) groups excluding carboxylic acids is 1. The number of ether oxygens (including phenoxy) is 2. The van der Waals surface area contributed by atoms with Crippen molar-refractivity contribution < 1.29 is 14.3 Å². The Labute approximate surface area is 176 Å². The van der Waals surface area contributed by atoms with E-state index in [2.05, 4.69) is 15.3 Å². The van der Waals surface area contributed by atoms with Gasteiger partial charge in [0.15, 0.2) is 0 Å². The molecule has 4 N–H and O–H groups in total. The van der Waals surface area contributed by atoms with Gasteiger partial charge in [-0.2, -0.15) is 0 Å². The molecule has 0 unspecified atom stereocenters. The van der Waals surface area contributed by atoms with Crippen molar-refractivity contribution >= 4 is 18.3 Å². The third-order valence-electron chi connectivity index (χ3n) is 5.19. The summed E-state index contributed by atoms with van der Waals surface area (Å²) >= 11 is 0. The smallest absolute Gasteiger partial charge is 0.412 e. The number of amidine groups is 1. The highest BCUT2D eigenvalue weighted by atomic mass is 16.6. The van der Waals surface area contributed by atoms with Crippen LogP contribution in [0.25, 0.3) is 11.1 Å². The molecule has 0 saturated heterocycles. The number of carbonyl (C=O) groups is 1. The summed E-state index contributed by atoms with van der Waals surface area (Å²) in [5.74, 6) is 1.72. The lowest BCUT2D eigenvalue weighted by Gasteiger charge is -2.21. The topological polar surface area (TPSA) is 123 Å². The maximum Gasteiger partial charge on any atom is 0.412 e. The van der Waals surface area contributed by atoms with Gasteiger partial charge in [-0.15, -0.1) is 0 Å². The summed E-state index contributed by atoms with van der Waals surface area (Å²) in [6.07, 6.45) is 9.68. The van der Waals surface area contributed by atoms with Crippen molar-refractivity contribution in [3.05, 3.63) is 42.2 Å². The molecule has 1 aliphatic rings. The van der Waals surface area contributed by atoms with Crippen LogP contribution in [0.3, 0.4) is 0 Å². The van der Waals surface area contributed by atoms with E-state index in [4.69, 9.17) is 20.6 Å². The van der Waals surface area contributed by atoms with Crippen LogP contribution in [-0.2, 0) is 0 Å². The van der Waals surface area contributed by atoms with Crippen LogP contribution in [-0.4, -0.2) is 36.9 Å². The molecule has 8 heteroatoms. The third-order valence-corrected chi connectivity index (χ3v) is 5.19. The SMILES string of the molecule is COc1ccc(OC(=O)NCC2CCCCC2)cc1-c1cncc(C(N)=NC=N)c1. The molecule has 0 atom stereocenters. The normalized spacial score (nSPS) is 14.8. The summed E-state index contributed by atoms with van der Waals surface area (Å²) in [5, 5.41) is 9.94. The molecule has 1 aliphatic carbocycles. The van der Waals surface area contributed by atoms with Gasteiger partial charge in [-0.1, -0.05) is 19.3 Å². The van der Waals surface area contributed by atoms with Gasteiger partial charge in [-0.25, -0.2) is 9.79 Å². The van der Waals surface area contributed by atoms with Gasteiger partial charge in [-0.05, 0) is 43.0 Å². The van der Waals surface area contributed by atoms with Crippen molar-refractivity contribution in [2.75, 3.05) is 13.7 Å². The Kier molecular flexibility index (Phi) is 7.37. The summed E-state index contributed by atoms with van der Waals surface area (Å²) in [4.78, 5) is 20.2. The summed E-state index contributed by atoms with van der Waals surface area (Å²) < 4.78 is 10.9. The molecule has 8 nitrogen and oxygen atoms in total. The molecule has 1 saturated carbocycles. The van der Waals surface area contributed by atoms with E-state index in [0.717, 1.165) is 24.7 Å². The van der Waals surface area contributed by atoms with E-state index in [1.165, 1.54) is 19.3 Å². The molecule has 0 radical (unpaired) electrons. The lowest BCUT2D eigenvalue weighted by atomic mass is 9.89. The van der Waals surface area contributed by atoms with Crippen LogP contribution in [0.4, 0.5) is 4.79 Å². The monoisotopic (exact) mass is 409 g/mol. The summed E-state index contributed by atoms with van der Waals surface area (Å²) in [5.41, 5.74) is 7.87. The van der Waals surface area contributed by atoms with Crippen molar-refractivity contribution in [3.8, 4) is 22.6 Å². The average Bonchev–Trinajstić information content (AvgIpc) is 2.78. The van der Waals surface area contributed by atoms with Gasteiger partial charge in [0.05, 0.1) is 7.11 Å². The molecule has 0 bridgehead atoms. The molecule has 1 amide bonds. The number of aliphatic imine (C=N–C) groups is 1. The number of pyridine rings is 1. The van der Waals surface area contributed by atoms with Gasteiger partial charge in [0.2, 0.25) is 0 Å². The number of amides is 1. The first kappa shape index (κ1) is 21.3. The van der Waals surface area contributed by atoms with Crippen LogP contribution in [0.15, 0.2) is 41.7 Å². The predicted molar refractivity (Wildman–Crippen MR) is 116 cm³/mol. The highest BCUT2D eigenvalue weighted by Crippen LogP contribution is 2.33. The van der Waals surface area contributed by atoms with E-state index in [-0.39, 0.29) is 5.84 Å². The molecular weight excluding hydrogens is 382 g/mol. The third kappa shape index (κ3) is 5.56. The molecule has 1 heterocycles. The molecular formula is C22H27N5O3. The minimum Gasteiger partial charge on any atom is -0.496 e. The summed E-state index contributed by atoms with van der Waals surface area (Å²) in [7, 11) is 1.57. The second-order valence-electron chi connectivity index (χ2n) is 7.24. The Hall–Kier alpha value is -3.42. The number of benzene rings is 1. The van der Waals surface area contributed by atoms with Crippen molar-refractivity contribution in [3.63, 3.8) is 0 Å². The van der Waals surface area contributed by atoms with Crippen LogP contribution < -0.4 is 20.5 Å². The zero-order valence-electron chi connectivity index (χ0n) is 17.1. The zero-order valence-corrected chi connectivity index (χ0v) is 17.1. The van der Waals surface area contributed by atoms with Gasteiger partial charge < -0.3 is 20.5 Å². The molecule has 1 aromatic heterocycles. The van der Waals surface area contributed by atoms with Gasteiger partial charge >= 0.3 is 6.09 Å². The maximum atomic E-state index is 12.2. The number of nitrogens with zero attached hydrogens (tertiary/aromatic N) is 2. The molecule has 0 aliphatic heterocycles. The fourth-order valence-electron chi connectivity index (χ4n) is 3.61. The summed E-state index contributed by atoms with van der Waals surface area (Å²) in [6, 6.07) is 6.94. The first-order valence-electron chi connectivity index (χ1n) is 10.0. The minimum absolute atomic E-state index is 0.188. The first-order chi connectivity index (χ1) is 14.6. The Bertz CT molecular complexity index is 923. The van der Waals surface area contributed by atoms with E-state index >= 15 is 0 Å². The van der Waals surface area contributed by atoms with Crippen molar-refractivity contribution in [1.29, 1.82) is 5.41 Å². The molecule has 1 fully saturated rings. The lowest BCUT2D eigenvalue weighted by Crippen LogP contribution is -2.32. The van der Waals surface area contributed by atoms with Gasteiger partial charge in [0.25, 0.3) is 0 Å². The van der Waals surface area contributed by atoms with E-state index in [1.54, 1.807) is 43.8 Å². The maximum absolute atomic E-state index is 12.2. The largest absolute Gasteiger partial charge is 0.496 e. The highest BCUT2D eigenvalue weighted by Gasteiger charge is 2.16. The second-order valence-corrected chi connectivity index (χ2v) is 7.24. The number of methoxy groups -OCH3 is 1. The Balaban J connectivity index is 1.75. The Morgan fingerprint density at radius 2 is 2.10 bits per heavy atom. The summed E-state index contributed by atoms with van der Waals surface area (Å²) in [6.45, 7) is 0.638. The van der Waals surface area contributed by atoms with Gasteiger partial charge in [0, 0.05) is 35.6 Å². The minimum atomic E-state index is -0.467. The molecule has 30 heavy (non-hydrogen) atoms. The Morgan fingerprint density at radius 3 is 2.83 bits per heavy atom. The molecule has 158 valence electrons. The van der Waals surface area contributed by atoms with E-state index in [9.17, 15) is 4.79 Å². The number of rotatable bonds is 7.